The van der Waals surface area contributed by atoms with Gasteiger partial charge in [0.05, 0.1) is 11.1 Å². The SMILES string of the molecule is CO.Cc1c(C(F)(F)F)cnc(N2CCCC(F)(F)CC2)c1C(=O)NC1CCC1. The maximum absolute atomic E-state index is 13.7. The predicted octanol–water partition coefficient (Wildman–Crippen LogP) is 3.93. The van der Waals surface area contributed by atoms with E-state index in [1.165, 1.54) is 11.8 Å². The first-order chi connectivity index (χ1) is 13.6. The summed E-state index contributed by atoms with van der Waals surface area (Å²) in [5, 5.41) is 9.74. The average Bonchev–Trinajstić information content (AvgIpc) is 2.79. The van der Waals surface area contributed by atoms with Crippen LogP contribution in [0.2, 0.25) is 0 Å². The molecule has 2 heterocycles. The van der Waals surface area contributed by atoms with E-state index in [9.17, 15) is 26.7 Å². The third kappa shape index (κ3) is 5.55. The van der Waals surface area contributed by atoms with Gasteiger partial charge in [0, 0.05) is 45.3 Å². The Hall–Kier alpha value is -1.97. The molecule has 0 atom stereocenters. The number of amides is 1. The first-order valence-corrected chi connectivity index (χ1v) is 9.54. The van der Waals surface area contributed by atoms with Crippen LogP contribution in [0.4, 0.5) is 27.8 Å². The minimum absolute atomic E-state index is 0.0509. The van der Waals surface area contributed by atoms with Crippen molar-refractivity contribution in [3.8, 4) is 0 Å². The van der Waals surface area contributed by atoms with Gasteiger partial charge in [-0.05, 0) is 38.2 Å². The molecule has 10 heteroatoms. The van der Waals surface area contributed by atoms with Crippen LogP contribution >= 0.6 is 0 Å². The first-order valence-electron chi connectivity index (χ1n) is 9.54. The largest absolute Gasteiger partial charge is 0.418 e. The van der Waals surface area contributed by atoms with Crippen molar-refractivity contribution in [2.24, 2.45) is 0 Å². The number of aromatic nitrogens is 1. The Kier molecular flexibility index (Phi) is 7.42. The minimum atomic E-state index is -4.65. The molecule has 1 amide bonds. The van der Waals surface area contributed by atoms with Crippen molar-refractivity contribution in [1.82, 2.24) is 10.3 Å². The number of carbonyl (C=O) groups excluding carboxylic acids is 1. The van der Waals surface area contributed by atoms with E-state index in [4.69, 9.17) is 5.11 Å². The summed E-state index contributed by atoms with van der Waals surface area (Å²) in [6.07, 6.45) is -1.96. The van der Waals surface area contributed by atoms with Gasteiger partial charge in [0.2, 0.25) is 5.92 Å². The summed E-state index contributed by atoms with van der Waals surface area (Å²) in [4.78, 5) is 18.1. The Morgan fingerprint density at radius 2 is 1.86 bits per heavy atom. The Morgan fingerprint density at radius 3 is 2.41 bits per heavy atom. The summed E-state index contributed by atoms with van der Waals surface area (Å²) in [6, 6.07) is -0.0623. The lowest BCUT2D eigenvalue weighted by molar-refractivity contribution is -0.138. The number of halogens is 5. The maximum Gasteiger partial charge on any atom is 0.418 e. The Bertz CT molecular complexity index is 721. The molecule has 1 saturated heterocycles. The number of nitrogens with one attached hydrogen (secondary N) is 1. The molecular formula is C19H26F5N3O2. The third-order valence-electron chi connectivity index (χ3n) is 5.31. The fourth-order valence-electron chi connectivity index (χ4n) is 3.47. The molecule has 0 radical (unpaired) electrons. The molecule has 3 rings (SSSR count). The summed E-state index contributed by atoms with van der Waals surface area (Å²) in [7, 11) is 1.00. The van der Waals surface area contributed by atoms with Gasteiger partial charge >= 0.3 is 6.18 Å². The Morgan fingerprint density at radius 1 is 1.21 bits per heavy atom. The number of nitrogens with zero attached hydrogens (tertiary/aromatic N) is 2. The second-order valence-corrected chi connectivity index (χ2v) is 7.29. The molecule has 1 aromatic rings. The van der Waals surface area contributed by atoms with Crippen molar-refractivity contribution in [2.75, 3.05) is 25.1 Å². The summed E-state index contributed by atoms with van der Waals surface area (Å²) in [5.41, 5.74) is -1.37. The number of rotatable bonds is 3. The van der Waals surface area contributed by atoms with Gasteiger partial charge in [-0.3, -0.25) is 4.79 Å². The molecule has 1 saturated carbocycles. The summed E-state index contributed by atoms with van der Waals surface area (Å²) >= 11 is 0. The first kappa shape index (κ1) is 23.3. The van der Waals surface area contributed by atoms with Crippen molar-refractivity contribution in [3.05, 3.63) is 22.9 Å². The van der Waals surface area contributed by atoms with Gasteiger partial charge < -0.3 is 15.3 Å². The summed E-state index contributed by atoms with van der Waals surface area (Å²) in [5.74, 6) is -3.39. The van der Waals surface area contributed by atoms with Gasteiger partial charge in [-0.25, -0.2) is 13.8 Å². The molecule has 164 valence electrons. The van der Waals surface area contributed by atoms with Gasteiger partial charge in [-0.2, -0.15) is 13.2 Å². The Labute approximate surface area is 166 Å². The molecule has 29 heavy (non-hydrogen) atoms. The highest BCUT2D eigenvalue weighted by atomic mass is 19.4. The van der Waals surface area contributed by atoms with E-state index in [2.05, 4.69) is 10.3 Å². The van der Waals surface area contributed by atoms with Crippen LogP contribution in [0, 0.1) is 6.92 Å². The van der Waals surface area contributed by atoms with E-state index < -0.39 is 30.0 Å². The zero-order chi connectivity index (χ0) is 21.8. The van der Waals surface area contributed by atoms with Crippen molar-refractivity contribution in [2.45, 2.75) is 63.6 Å². The van der Waals surface area contributed by atoms with Crippen LogP contribution in [0.15, 0.2) is 6.20 Å². The second kappa shape index (κ2) is 9.23. The smallest absolute Gasteiger partial charge is 0.400 e. The number of alkyl halides is 5. The lowest BCUT2D eigenvalue weighted by atomic mass is 9.92. The molecule has 2 fully saturated rings. The van der Waals surface area contributed by atoms with Crippen LogP contribution in [0.3, 0.4) is 0 Å². The monoisotopic (exact) mass is 423 g/mol. The van der Waals surface area contributed by atoms with Crippen LogP contribution < -0.4 is 10.2 Å². The van der Waals surface area contributed by atoms with Crippen molar-refractivity contribution < 1.29 is 31.9 Å². The second-order valence-electron chi connectivity index (χ2n) is 7.29. The van der Waals surface area contributed by atoms with E-state index in [1.54, 1.807) is 0 Å². The van der Waals surface area contributed by atoms with Crippen LogP contribution in [0.1, 0.15) is 60.0 Å². The molecule has 0 aromatic carbocycles. The standard InChI is InChI=1S/C18H22F5N3O.CH4O/c1-11-13(18(21,22)23)10-24-15(14(11)16(27)25-12-4-2-5-12)26-8-3-6-17(19,20)7-9-26;1-2/h10,12H,2-9H2,1H3,(H,25,27);2H,1H3. The van der Waals surface area contributed by atoms with Gasteiger partial charge in [0.15, 0.2) is 0 Å². The topological polar surface area (TPSA) is 65.5 Å². The van der Waals surface area contributed by atoms with Crippen molar-refractivity contribution in [1.29, 1.82) is 0 Å². The normalized spacial score (nSPS) is 19.5. The predicted molar refractivity (Wildman–Crippen MR) is 98.2 cm³/mol. The van der Waals surface area contributed by atoms with E-state index in [0.717, 1.165) is 26.4 Å². The maximum atomic E-state index is 13.7. The van der Waals surface area contributed by atoms with E-state index in [1.807, 2.05) is 0 Å². The van der Waals surface area contributed by atoms with Gasteiger partial charge in [0.25, 0.3) is 5.91 Å². The highest BCUT2D eigenvalue weighted by Crippen LogP contribution is 2.37. The van der Waals surface area contributed by atoms with Gasteiger partial charge in [-0.1, -0.05) is 0 Å². The minimum Gasteiger partial charge on any atom is -0.400 e. The lowest BCUT2D eigenvalue weighted by Gasteiger charge is -2.29. The summed E-state index contributed by atoms with van der Waals surface area (Å²) in [6.45, 7) is 1.39. The highest BCUT2D eigenvalue weighted by Gasteiger charge is 2.38. The van der Waals surface area contributed by atoms with E-state index in [0.29, 0.717) is 6.20 Å². The fraction of sp³-hybridized carbons (Fsp3) is 0.684. The number of hydrogen-bond donors (Lipinski definition) is 2. The molecule has 5 nitrogen and oxygen atoms in total. The van der Waals surface area contributed by atoms with Crippen molar-refractivity contribution in [3.63, 3.8) is 0 Å². The van der Waals surface area contributed by atoms with Gasteiger partial charge in [-0.15, -0.1) is 0 Å². The highest BCUT2D eigenvalue weighted by molar-refractivity contribution is 6.01. The molecule has 2 N–H and O–H groups in total. The molecule has 1 aliphatic heterocycles. The molecule has 1 aromatic heterocycles. The lowest BCUT2D eigenvalue weighted by Crippen LogP contribution is -2.41. The van der Waals surface area contributed by atoms with Crippen LogP contribution in [0.25, 0.3) is 0 Å². The van der Waals surface area contributed by atoms with Crippen LogP contribution in [-0.2, 0) is 6.18 Å². The molecule has 0 unspecified atom stereocenters. The molecule has 0 spiro atoms. The van der Waals surface area contributed by atoms with E-state index in [-0.39, 0.29) is 48.9 Å². The number of hydrogen-bond acceptors (Lipinski definition) is 4. The van der Waals surface area contributed by atoms with Crippen LogP contribution in [0.5, 0.6) is 0 Å². The number of aliphatic hydroxyl groups is 1. The number of anilines is 1. The van der Waals surface area contributed by atoms with Gasteiger partial charge in [0.1, 0.15) is 5.82 Å². The third-order valence-corrected chi connectivity index (χ3v) is 5.31. The van der Waals surface area contributed by atoms with Crippen LogP contribution in [-0.4, -0.2) is 48.2 Å². The molecule has 0 bridgehead atoms. The Balaban J connectivity index is 0.00000145. The average molecular weight is 423 g/mol. The zero-order valence-electron chi connectivity index (χ0n) is 16.5. The fourth-order valence-corrected chi connectivity index (χ4v) is 3.47. The number of pyridine rings is 1. The van der Waals surface area contributed by atoms with Crippen molar-refractivity contribution >= 4 is 11.7 Å². The zero-order valence-corrected chi connectivity index (χ0v) is 16.5. The molecule has 2 aliphatic rings. The molecule has 1 aliphatic carbocycles. The quantitative estimate of drug-likeness (QED) is 0.724. The number of aliphatic hydroxyl groups excluding tert-OH is 1. The summed E-state index contributed by atoms with van der Waals surface area (Å²) < 4.78 is 67.2. The molecular weight excluding hydrogens is 397 g/mol. The number of carbonyl (C=O) groups is 1. The van der Waals surface area contributed by atoms with E-state index >= 15 is 0 Å².